The first kappa shape index (κ1) is 20.5. The first-order valence-electron chi connectivity index (χ1n) is 9.48. The van der Waals surface area contributed by atoms with Gasteiger partial charge in [-0.2, -0.15) is 8.78 Å². The van der Waals surface area contributed by atoms with Crippen LogP contribution in [0.3, 0.4) is 0 Å². The number of ether oxygens (including phenoxy) is 2. The molecule has 3 rings (SSSR count). The summed E-state index contributed by atoms with van der Waals surface area (Å²) in [4.78, 5) is 0. The zero-order valence-corrected chi connectivity index (χ0v) is 15.0. The molecule has 0 radical (unpaired) electrons. The van der Waals surface area contributed by atoms with Crippen LogP contribution in [0, 0.1) is 5.92 Å². The largest absolute Gasteiger partial charge is 0.373 e. The molecule has 27 heavy (non-hydrogen) atoms. The summed E-state index contributed by atoms with van der Waals surface area (Å²) in [5.74, 6) is -1.59. The molecule has 6 atom stereocenters. The van der Waals surface area contributed by atoms with E-state index in [9.17, 15) is 22.0 Å². The Morgan fingerprint density at radius 1 is 0.815 bits per heavy atom. The third-order valence-corrected chi connectivity index (χ3v) is 5.45. The van der Waals surface area contributed by atoms with Gasteiger partial charge in [0.05, 0.1) is 24.7 Å². The number of alkyl halides is 5. The van der Waals surface area contributed by atoms with Gasteiger partial charge in [-0.15, -0.1) is 0 Å². The van der Waals surface area contributed by atoms with Crippen LogP contribution in [-0.2, 0) is 16.1 Å². The van der Waals surface area contributed by atoms with Crippen molar-refractivity contribution in [2.24, 2.45) is 5.92 Å². The molecular weight excluding hydrogens is 367 g/mol. The summed E-state index contributed by atoms with van der Waals surface area (Å²) >= 11 is 0. The normalized spacial score (nSPS) is 35.1. The average molecular weight is 392 g/mol. The summed E-state index contributed by atoms with van der Waals surface area (Å²) in [6.45, 7) is 0.306. The molecule has 0 amide bonds. The molecule has 2 nitrogen and oxygen atoms in total. The van der Waals surface area contributed by atoms with Crippen LogP contribution in [0.2, 0.25) is 0 Å². The minimum atomic E-state index is -3.70. The van der Waals surface area contributed by atoms with Gasteiger partial charge >= 0.3 is 6.11 Å². The van der Waals surface area contributed by atoms with Crippen LogP contribution in [-0.4, -0.2) is 36.8 Å². The summed E-state index contributed by atoms with van der Waals surface area (Å²) in [6.07, 6.45) is -10.9. The second-order valence-corrected chi connectivity index (χ2v) is 7.50. The molecule has 0 saturated heterocycles. The van der Waals surface area contributed by atoms with Crippen LogP contribution in [0.4, 0.5) is 22.0 Å². The zero-order chi connectivity index (χ0) is 19.4. The van der Waals surface area contributed by atoms with Crippen molar-refractivity contribution in [1.82, 2.24) is 0 Å². The van der Waals surface area contributed by atoms with Gasteiger partial charge in [0.25, 0.3) is 0 Å². The van der Waals surface area contributed by atoms with E-state index in [0.717, 1.165) is 5.56 Å². The first-order chi connectivity index (χ1) is 12.8. The van der Waals surface area contributed by atoms with Crippen LogP contribution >= 0.6 is 0 Å². The van der Waals surface area contributed by atoms with E-state index >= 15 is 0 Å². The molecule has 2 aliphatic rings. The second kappa shape index (κ2) is 8.86. The lowest BCUT2D eigenvalue weighted by Crippen LogP contribution is -2.46. The zero-order valence-electron chi connectivity index (χ0n) is 15.0. The highest BCUT2D eigenvalue weighted by atomic mass is 19.3. The monoisotopic (exact) mass is 392 g/mol. The minimum Gasteiger partial charge on any atom is -0.373 e. The van der Waals surface area contributed by atoms with Crippen molar-refractivity contribution in [2.75, 3.05) is 0 Å². The van der Waals surface area contributed by atoms with Crippen molar-refractivity contribution in [3.63, 3.8) is 0 Å². The van der Waals surface area contributed by atoms with E-state index in [1.54, 1.807) is 0 Å². The molecule has 152 valence electrons. The molecular formula is C20H25F5O2. The average Bonchev–Trinajstić information content (AvgIpc) is 2.63. The number of halogens is 5. The Bertz CT molecular complexity index is 585. The van der Waals surface area contributed by atoms with E-state index < -0.39 is 49.2 Å². The van der Waals surface area contributed by atoms with Crippen molar-refractivity contribution in [2.45, 2.75) is 82.0 Å². The fraction of sp³-hybridized carbons (Fsp3) is 0.700. The highest BCUT2D eigenvalue weighted by molar-refractivity contribution is 5.13. The Morgan fingerprint density at radius 2 is 1.48 bits per heavy atom. The minimum absolute atomic E-state index is 0.0175. The molecule has 0 heterocycles. The standard InChI is InChI=1S/C20H25F5O2/c21-17-9-7-15(11-19(17)23)27-20(24,25)16-8-6-14(10-18(16)22)26-12-13-4-2-1-3-5-13/h1-5,14-19H,6-12H2. The Balaban J connectivity index is 1.49. The number of benzene rings is 1. The van der Waals surface area contributed by atoms with Crippen molar-refractivity contribution in [3.05, 3.63) is 35.9 Å². The van der Waals surface area contributed by atoms with Gasteiger partial charge in [0.1, 0.15) is 18.5 Å². The van der Waals surface area contributed by atoms with E-state index in [4.69, 9.17) is 9.47 Å². The lowest BCUT2D eigenvalue weighted by Gasteiger charge is -2.38. The maximum Gasteiger partial charge on any atom is 0.361 e. The lowest BCUT2D eigenvalue weighted by atomic mass is 9.84. The van der Waals surface area contributed by atoms with Crippen LogP contribution in [0.25, 0.3) is 0 Å². The van der Waals surface area contributed by atoms with Crippen LogP contribution in [0.1, 0.15) is 44.1 Å². The van der Waals surface area contributed by atoms with Crippen molar-refractivity contribution in [1.29, 1.82) is 0 Å². The summed E-state index contributed by atoms with van der Waals surface area (Å²) in [6, 6.07) is 9.36. The molecule has 0 spiro atoms. The Labute approximate surface area is 156 Å². The Hall–Kier alpha value is -1.21. The fourth-order valence-electron chi connectivity index (χ4n) is 3.86. The smallest absolute Gasteiger partial charge is 0.361 e. The summed E-state index contributed by atoms with van der Waals surface area (Å²) in [5, 5.41) is 0. The Kier molecular flexibility index (Phi) is 6.74. The van der Waals surface area contributed by atoms with Gasteiger partial charge in [-0.1, -0.05) is 30.3 Å². The SMILES string of the molecule is FC1CCC(OC(F)(F)C2CCC(OCc3ccccc3)CC2F)CC1F. The third-order valence-electron chi connectivity index (χ3n) is 5.45. The molecule has 6 unspecified atom stereocenters. The number of rotatable bonds is 6. The van der Waals surface area contributed by atoms with Gasteiger partial charge < -0.3 is 9.47 Å². The number of hydrogen-bond donors (Lipinski definition) is 0. The van der Waals surface area contributed by atoms with Crippen molar-refractivity contribution < 1.29 is 31.4 Å². The van der Waals surface area contributed by atoms with Gasteiger partial charge in [0.2, 0.25) is 0 Å². The molecule has 2 fully saturated rings. The maximum absolute atomic E-state index is 14.4. The van der Waals surface area contributed by atoms with Gasteiger partial charge in [-0.25, -0.2) is 13.2 Å². The summed E-state index contributed by atoms with van der Waals surface area (Å²) in [7, 11) is 0. The Morgan fingerprint density at radius 3 is 2.15 bits per heavy atom. The predicted molar refractivity (Wildman–Crippen MR) is 90.7 cm³/mol. The van der Waals surface area contributed by atoms with E-state index in [-0.39, 0.29) is 25.7 Å². The number of hydrogen-bond acceptors (Lipinski definition) is 2. The third kappa shape index (κ3) is 5.41. The molecule has 1 aromatic rings. The van der Waals surface area contributed by atoms with Gasteiger partial charge in [0.15, 0.2) is 0 Å². The van der Waals surface area contributed by atoms with E-state index in [0.29, 0.717) is 13.0 Å². The molecule has 0 aliphatic heterocycles. The molecule has 2 aliphatic carbocycles. The highest BCUT2D eigenvalue weighted by Gasteiger charge is 2.50. The van der Waals surface area contributed by atoms with Gasteiger partial charge in [-0.3, -0.25) is 0 Å². The van der Waals surface area contributed by atoms with Gasteiger partial charge in [-0.05, 0) is 31.2 Å². The van der Waals surface area contributed by atoms with E-state index in [1.165, 1.54) is 0 Å². The maximum atomic E-state index is 14.4. The summed E-state index contributed by atoms with van der Waals surface area (Å²) < 4.78 is 80.3. The van der Waals surface area contributed by atoms with E-state index in [2.05, 4.69) is 0 Å². The van der Waals surface area contributed by atoms with E-state index in [1.807, 2.05) is 30.3 Å². The lowest BCUT2D eigenvalue weighted by molar-refractivity contribution is -0.313. The molecule has 0 bridgehead atoms. The van der Waals surface area contributed by atoms with Gasteiger partial charge in [0, 0.05) is 12.8 Å². The van der Waals surface area contributed by atoms with Crippen LogP contribution < -0.4 is 0 Å². The first-order valence-corrected chi connectivity index (χ1v) is 9.48. The second-order valence-electron chi connectivity index (χ2n) is 7.50. The van der Waals surface area contributed by atoms with Crippen molar-refractivity contribution >= 4 is 0 Å². The molecule has 0 aromatic heterocycles. The topological polar surface area (TPSA) is 18.5 Å². The molecule has 1 aromatic carbocycles. The molecule has 0 N–H and O–H groups in total. The molecule has 7 heteroatoms. The highest BCUT2D eigenvalue weighted by Crippen LogP contribution is 2.42. The predicted octanol–water partition coefficient (Wildman–Crippen LogP) is 5.55. The fourth-order valence-corrected chi connectivity index (χ4v) is 3.86. The quantitative estimate of drug-likeness (QED) is 0.591. The van der Waals surface area contributed by atoms with Crippen LogP contribution in [0.5, 0.6) is 0 Å². The van der Waals surface area contributed by atoms with Crippen molar-refractivity contribution in [3.8, 4) is 0 Å². The van der Waals surface area contributed by atoms with Crippen LogP contribution in [0.15, 0.2) is 30.3 Å². The summed E-state index contributed by atoms with van der Waals surface area (Å²) in [5.41, 5.74) is 0.938. The molecule has 2 saturated carbocycles.